The summed E-state index contributed by atoms with van der Waals surface area (Å²) in [7, 11) is 0. The fourth-order valence-corrected chi connectivity index (χ4v) is 1.82. The lowest BCUT2D eigenvalue weighted by atomic mass is 10.2. The molecular weight excluding hydrogens is 280 g/mol. The van der Waals surface area contributed by atoms with E-state index < -0.39 is 17.8 Å². The van der Waals surface area contributed by atoms with Gasteiger partial charge in [-0.15, -0.1) is 0 Å². The Bertz CT molecular complexity index is 652. The molecule has 0 radical (unpaired) electrons. The van der Waals surface area contributed by atoms with Crippen molar-refractivity contribution in [1.29, 1.82) is 0 Å². The van der Waals surface area contributed by atoms with Gasteiger partial charge in [-0.3, -0.25) is 14.5 Å². The molecule has 0 spiro atoms. The maximum Gasteiger partial charge on any atom is 0.335 e. The van der Waals surface area contributed by atoms with Crippen LogP contribution in [0.5, 0.6) is 5.75 Å². The lowest BCUT2D eigenvalue weighted by Crippen LogP contribution is -2.34. The average molecular weight is 292 g/mol. The topological polar surface area (TPSA) is 127 Å². The highest BCUT2D eigenvalue weighted by Gasteiger charge is 2.31. The number of imide groups is 1. The first-order valence-electron chi connectivity index (χ1n) is 5.95. The number of carbonyl (C=O) groups is 3. The molecule has 1 aromatic carbocycles. The molecule has 110 valence electrons. The third-order valence-electron chi connectivity index (χ3n) is 2.85. The minimum absolute atomic E-state index is 0.00634. The van der Waals surface area contributed by atoms with E-state index in [0.717, 1.165) is 17.0 Å². The first-order chi connectivity index (χ1) is 9.93. The number of carbonyl (C=O) groups excluding carboxylic acids is 2. The number of carboxylic acid groups (broad SMARTS) is 1. The number of β-amino-alcohol motifs (C(OH)–C–C–N with tert-alkyl or cyclic N) is 1. The third-order valence-corrected chi connectivity index (χ3v) is 2.85. The summed E-state index contributed by atoms with van der Waals surface area (Å²) in [6.45, 7) is -0.501. The number of aromatic hydroxyl groups is 1. The second kappa shape index (κ2) is 5.63. The Morgan fingerprint density at radius 2 is 2.00 bits per heavy atom. The molecule has 4 N–H and O–H groups in total. The smallest absolute Gasteiger partial charge is 0.335 e. The highest BCUT2D eigenvalue weighted by atomic mass is 16.4. The standard InChI is InChI=1S/C13H12N2O6/c16-4-3-15-11(18)6-9(12(15)19)14-8-5-7(13(20)21)1-2-10(8)17/h1-2,5-6,14,16-17H,3-4H2,(H,20,21). The Labute approximate surface area is 118 Å². The molecule has 2 amide bonds. The van der Waals surface area contributed by atoms with Gasteiger partial charge in [0.05, 0.1) is 24.4 Å². The van der Waals surface area contributed by atoms with Crippen LogP contribution in [-0.2, 0) is 9.59 Å². The molecule has 21 heavy (non-hydrogen) atoms. The van der Waals surface area contributed by atoms with Crippen molar-refractivity contribution in [1.82, 2.24) is 4.90 Å². The Hall–Kier alpha value is -2.87. The van der Waals surface area contributed by atoms with Crippen LogP contribution < -0.4 is 5.32 Å². The molecule has 1 aromatic rings. The van der Waals surface area contributed by atoms with Gasteiger partial charge in [-0.2, -0.15) is 0 Å². The monoisotopic (exact) mass is 292 g/mol. The largest absolute Gasteiger partial charge is 0.506 e. The molecule has 1 heterocycles. The molecule has 8 nitrogen and oxygen atoms in total. The predicted octanol–water partition coefficient (Wildman–Crippen LogP) is -0.253. The zero-order chi connectivity index (χ0) is 15.6. The van der Waals surface area contributed by atoms with E-state index in [1.807, 2.05) is 0 Å². The Morgan fingerprint density at radius 1 is 1.29 bits per heavy atom. The number of nitrogens with one attached hydrogen (secondary N) is 1. The molecule has 0 aliphatic carbocycles. The number of hydrogen-bond donors (Lipinski definition) is 4. The van der Waals surface area contributed by atoms with Gasteiger partial charge >= 0.3 is 5.97 Å². The van der Waals surface area contributed by atoms with Crippen LogP contribution in [0.4, 0.5) is 5.69 Å². The van der Waals surface area contributed by atoms with E-state index in [0.29, 0.717) is 0 Å². The molecule has 8 heteroatoms. The molecule has 1 aliphatic rings. The SMILES string of the molecule is O=C(O)c1ccc(O)c(NC2=CC(=O)N(CCO)C2=O)c1. The summed E-state index contributed by atoms with van der Waals surface area (Å²) < 4.78 is 0. The molecule has 0 saturated heterocycles. The first-order valence-corrected chi connectivity index (χ1v) is 5.95. The summed E-state index contributed by atoms with van der Waals surface area (Å²) in [4.78, 5) is 35.2. The van der Waals surface area contributed by atoms with Gasteiger partial charge in [-0.1, -0.05) is 0 Å². The van der Waals surface area contributed by atoms with Crippen molar-refractivity contribution < 1.29 is 29.7 Å². The van der Waals surface area contributed by atoms with Crippen molar-refractivity contribution >= 4 is 23.5 Å². The van der Waals surface area contributed by atoms with Crippen LogP contribution in [0.25, 0.3) is 0 Å². The maximum absolute atomic E-state index is 11.9. The second-order valence-electron chi connectivity index (χ2n) is 4.24. The molecule has 0 unspecified atom stereocenters. The van der Waals surface area contributed by atoms with E-state index in [1.165, 1.54) is 12.1 Å². The zero-order valence-electron chi connectivity index (χ0n) is 10.7. The predicted molar refractivity (Wildman–Crippen MR) is 70.6 cm³/mol. The van der Waals surface area contributed by atoms with E-state index in [2.05, 4.69) is 5.32 Å². The molecule has 0 atom stereocenters. The van der Waals surface area contributed by atoms with Crippen molar-refractivity contribution in [2.75, 3.05) is 18.5 Å². The van der Waals surface area contributed by atoms with Crippen LogP contribution in [-0.4, -0.2) is 51.2 Å². The Balaban J connectivity index is 2.25. The number of rotatable bonds is 5. The molecule has 0 fully saturated rings. The number of carboxylic acids is 1. The van der Waals surface area contributed by atoms with E-state index in [9.17, 15) is 19.5 Å². The van der Waals surface area contributed by atoms with Crippen molar-refractivity contribution in [2.24, 2.45) is 0 Å². The van der Waals surface area contributed by atoms with E-state index in [4.69, 9.17) is 10.2 Å². The summed E-state index contributed by atoms with van der Waals surface area (Å²) >= 11 is 0. The molecule has 0 aromatic heterocycles. The minimum Gasteiger partial charge on any atom is -0.506 e. The number of nitrogens with zero attached hydrogens (tertiary/aromatic N) is 1. The van der Waals surface area contributed by atoms with Gasteiger partial charge in [0.15, 0.2) is 0 Å². The summed E-state index contributed by atoms with van der Waals surface area (Å²) in [5, 5.41) is 29.9. The number of hydrogen-bond acceptors (Lipinski definition) is 6. The lowest BCUT2D eigenvalue weighted by molar-refractivity contribution is -0.137. The lowest BCUT2D eigenvalue weighted by Gasteiger charge is -2.14. The van der Waals surface area contributed by atoms with Crippen LogP contribution in [0.3, 0.4) is 0 Å². The molecule has 0 bridgehead atoms. The van der Waals surface area contributed by atoms with Crippen LogP contribution in [0.15, 0.2) is 30.0 Å². The summed E-state index contributed by atoms with van der Waals surface area (Å²) in [5.74, 6) is -2.70. The zero-order valence-corrected chi connectivity index (χ0v) is 10.7. The van der Waals surface area contributed by atoms with Crippen molar-refractivity contribution in [3.05, 3.63) is 35.5 Å². The van der Waals surface area contributed by atoms with Gasteiger partial charge in [0.2, 0.25) is 0 Å². The van der Waals surface area contributed by atoms with Gasteiger partial charge in [-0.25, -0.2) is 4.79 Å². The van der Waals surface area contributed by atoms with Gasteiger partial charge < -0.3 is 20.6 Å². The first kappa shape index (κ1) is 14.5. The van der Waals surface area contributed by atoms with E-state index in [-0.39, 0.29) is 35.8 Å². The fourth-order valence-electron chi connectivity index (χ4n) is 1.82. The Morgan fingerprint density at radius 3 is 2.62 bits per heavy atom. The molecule has 2 rings (SSSR count). The Kier molecular flexibility index (Phi) is 3.90. The van der Waals surface area contributed by atoms with Crippen molar-refractivity contribution in [3.8, 4) is 5.75 Å². The second-order valence-corrected chi connectivity index (χ2v) is 4.24. The average Bonchev–Trinajstić information content (AvgIpc) is 2.69. The summed E-state index contributed by atoms with van der Waals surface area (Å²) in [5.41, 5.74) is -0.195. The summed E-state index contributed by atoms with van der Waals surface area (Å²) in [6, 6.07) is 3.51. The number of aromatic carboxylic acids is 1. The number of benzene rings is 1. The number of aliphatic hydroxyl groups excluding tert-OH is 1. The van der Waals surface area contributed by atoms with Gasteiger partial charge in [0, 0.05) is 6.08 Å². The van der Waals surface area contributed by atoms with Crippen LogP contribution in [0.2, 0.25) is 0 Å². The van der Waals surface area contributed by atoms with Gasteiger partial charge in [-0.05, 0) is 18.2 Å². The number of anilines is 1. The van der Waals surface area contributed by atoms with Gasteiger partial charge in [0.25, 0.3) is 11.8 Å². The normalized spacial score (nSPS) is 14.3. The van der Waals surface area contributed by atoms with Crippen LogP contribution in [0, 0.1) is 0 Å². The van der Waals surface area contributed by atoms with E-state index >= 15 is 0 Å². The number of phenolic OH excluding ortho intramolecular Hbond substituents is 1. The van der Waals surface area contributed by atoms with Crippen molar-refractivity contribution in [2.45, 2.75) is 0 Å². The van der Waals surface area contributed by atoms with Crippen LogP contribution in [0.1, 0.15) is 10.4 Å². The summed E-state index contributed by atoms with van der Waals surface area (Å²) in [6.07, 6.45) is 1.02. The fraction of sp³-hybridized carbons (Fsp3) is 0.154. The third kappa shape index (κ3) is 2.84. The van der Waals surface area contributed by atoms with Crippen molar-refractivity contribution in [3.63, 3.8) is 0 Å². The minimum atomic E-state index is -1.19. The highest BCUT2D eigenvalue weighted by molar-refractivity contribution is 6.17. The number of phenols is 1. The van der Waals surface area contributed by atoms with E-state index in [1.54, 1.807) is 0 Å². The quantitative estimate of drug-likeness (QED) is 0.435. The molecule has 1 aliphatic heterocycles. The number of amides is 2. The highest BCUT2D eigenvalue weighted by Crippen LogP contribution is 2.27. The molecular formula is C13H12N2O6. The van der Waals surface area contributed by atoms with Crippen LogP contribution >= 0.6 is 0 Å². The van der Waals surface area contributed by atoms with Gasteiger partial charge in [0.1, 0.15) is 11.4 Å². The number of aliphatic hydroxyl groups is 1. The molecule has 0 saturated carbocycles. The maximum atomic E-state index is 11.9.